The SMILES string of the molecule is COc1ccc(CO)c2c(C)ccnc12. The molecule has 3 nitrogen and oxygen atoms in total. The lowest BCUT2D eigenvalue weighted by Crippen LogP contribution is -1.94. The minimum atomic E-state index is 0.0209. The number of aliphatic hydroxyl groups excluding tert-OH is 1. The summed E-state index contributed by atoms with van der Waals surface area (Å²) in [4.78, 5) is 4.29. The van der Waals surface area contributed by atoms with Crippen LogP contribution in [0.5, 0.6) is 5.75 Å². The van der Waals surface area contributed by atoms with Gasteiger partial charge in [0.25, 0.3) is 0 Å². The maximum atomic E-state index is 9.26. The fourth-order valence-electron chi connectivity index (χ4n) is 1.79. The summed E-state index contributed by atoms with van der Waals surface area (Å²) < 4.78 is 5.24. The Bertz CT molecular complexity index is 494. The molecule has 0 unspecified atom stereocenters. The lowest BCUT2D eigenvalue weighted by atomic mass is 10.0. The van der Waals surface area contributed by atoms with Crippen LogP contribution >= 0.6 is 0 Å². The fourth-order valence-corrected chi connectivity index (χ4v) is 1.79. The van der Waals surface area contributed by atoms with Crippen molar-refractivity contribution >= 4 is 10.9 Å². The van der Waals surface area contributed by atoms with E-state index < -0.39 is 0 Å². The highest BCUT2D eigenvalue weighted by Crippen LogP contribution is 2.28. The number of hydrogen-bond acceptors (Lipinski definition) is 3. The summed E-state index contributed by atoms with van der Waals surface area (Å²) in [6.07, 6.45) is 1.75. The second-order valence-corrected chi connectivity index (χ2v) is 3.44. The van der Waals surface area contributed by atoms with E-state index in [1.54, 1.807) is 13.3 Å². The molecule has 2 rings (SSSR count). The van der Waals surface area contributed by atoms with Gasteiger partial charge in [-0.25, -0.2) is 0 Å². The molecule has 0 aliphatic heterocycles. The van der Waals surface area contributed by atoms with Gasteiger partial charge in [0.15, 0.2) is 0 Å². The van der Waals surface area contributed by atoms with Gasteiger partial charge in [0.2, 0.25) is 0 Å². The van der Waals surface area contributed by atoms with Crippen molar-refractivity contribution in [2.24, 2.45) is 0 Å². The Morgan fingerprint density at radius 2 is 2.13 bits per heavy atom. The number of benzene rings is 1. The molecule has 0 aliphatic rings. The Balaban J connectivity index is 2.86. The van der Waals surface area contributed by atoms with Crippen LogP contribution in [-0.4, -0.2) is 17.2 Å². The summed E-state index contributed by atoms with van der Waals surface area (Å²) in [6.45, 7) is 2.02. The van der Waals surface area contributed by atoms with E-state index in [9.17, 15) is 5.11 Å². The van der Waals surface area contributed by atoms with E-state index >= 15 is 0 Å². The van der Waals surface area contributed by atoms with Gasteiger partial charge in [-0.2, -0.15) is 0 Å². The molecule has 1 aromatic heterocycles. The maximum absolute atomic E-state index is 9.26. The van der Waals surface area contributed by atoms with E-state index in [4.69, 9.17) is 4.74 Å². The molecule has 0 bridgehead atoms. The van der Waals surface area contributed by atoms with Crippen molar-refractivity contribution in [1.82, 2.24) is 4.98 Å². The second kappa shape index (κ2) is 3.87. The second-order valence-electron chi connectivity index (χ2n) is 3.44. The van der Waals surface area contributed by atoms with Crippen molar-refractivity contribution in [1.29, 1.82) is 0 Å². The zero-order valence-corrected chi connectivity index (χ0v) is 8.82. The first-order valence-corrected chi connectivity index (χ1v) is 4.80. The molecule has 0 saturated heterocycles. The summed E-state index contributed by atoms with van der Waals surface area (Å²) >= 11 is 0. The molecule has 78 valence electrons. The predicted molar refractivity (Wildman–Crippen MR) is 59.0 cm³/mol. The topological polar surface area (TPSA) is 42.4 Å². The van der Waals surface area contributed by atoms with Crippen LogP contribution in [0.2, 0.25) is 0 Å². The standard InChI is InChI=1S/C12H13NO2/c1-8-5-6-13-12-10(15-2)4-3-9(7-14)11(8)12/h3-6,14H,7H2,1-2H3. The molecule has 0 aliphatic carbocycles. The molecule has 3 heteroatoms. The lowest BCUT2D eigenvalue weighted by molar-refractivity contribution is 0.283. The van der Waals surface area contributed by atoms with Crippen LogP contribution in [-0.2, 0) is 6.61 Å². The van der Waals surface area contributed by atoms with Gasteiger partial charge in [-0.1, -0.05) is 6.07 Å². The average Bonchev–Trinajstić information content (AvgIpc) is 2.28. The van der Waals surface area contributed by atoms with Crippen molar-refractivity contribution in [2.75, 3.05) is 7.11 Å². The minimum absolute atomic E-state index is 0.0209. The van der Waals surface area contributed by atoms with Crippen molar-refractivity contribution in [3.8, 4) is 5.75 Å². The summed E-state index contributed by atoms with van der Waals surface area (Å²) in [5.41, 5.74) is 2.79. The number of aryl methyl sites for hydroxylation is 1. The molecule has 2 aromatic rings. The molecule has 0 fully saturated rings. The minimum Gasteiger partial charge on any atom is -0.494 e. The first kappa shape index (κ1) is 9.93. The number of aliphatic hydroxyl groups is 1. The third-order valence-corrected chi connectivity index (χ3v) is 2.54. The van der Waals surface area contributed by atoms with Gasteiger partial charge in [0, 0.05) is 11.6 Å². The molecule has 1 aromatic carbocycles. The van der Waals surface area contributed by atoms with E-state index in [2.05, 4.69) is 4.98 Å². The fraction of sp³-hybridized carbons (Fsp3) is 0.250. The molecule has 1 heterocycles. The van der Waals surface area contributed by atoms with Crippen LogP contribution in [0.1, 0.15) is 11.1 Å². The molecular formula is C12H13NO2. The van der Waals surface area contributed by atoms with Crippen LogP contribution in [0.25, 0.3) is 10.9 Å². The number of pyridine rings is 1. The number of ether oxygens (including phenoxy) is 1. The van der Waals surface area contributed by atoms with Crippen LogP contribution in [0.3, 0.4) is 0 Å². The van der Waals surface area contributed by atoms with Crippen molar-refractivity contribution in [3.05, 3.63) is 35.5 Å². The van der Waals surface area contributed by atoms with Gasteiger partial charge in [-0.05, 0) is 30.2 Å². The Hall–Kier alpha value is -1.61. The van der Waals surface area contributed by atoms with E-state index in [1.165, 1.54) is 0 Å². The molecule has 0 saturated carbocycles. The zero-order chi connectivity index (χ0) is 10.8. The lowest BCUT2D eigenvalue weighted by Gasteiger charge is -2.09. The summed E-state index contributed by atoms with van der Waals surface area (Å²) in [5, 5.41) is 10.2. The summed E-state index contributed by atoms with van der Waals surface area (Å²) in [7, 11) is 1.62. The first-order valence-electron chi connectivity index (χ1n) is 4.80. The van der Waals surface area contributed by atoms with E-state index in [0.29, 0.717) is 0 Å². The molecule has 0 amide bonds. The Morgan fingerprint density at radius 3 is 2.80 bits per heavy atom. The normalized spacial score (nSPS) is 10.6. The quantitative estimate of drug-likeness (QED) is 0.812. The first-order chi connectivity index (χ1) is 7.27. The van der Waals surface area contributed by atoms with Gasteiger partial charge in [-0.15, -0.1) is 0 Å². The molecule has 0 radical (unpaired) electrons. The maximum Gasteiger partial charge on any atom is 0.145 e. The molecule has 1 N–H and O–H groups in total. The van der Waals surface area contributed by atoms with Crippen LogP contribution in [0.4, 0.5) is 0 Å². The largest absolute Gasteiger partial charge is 0.494 e. The summed E-state index contributed by atoms with van der Waals surface area (Å²) in [6, 6.07) is 5.64. The van der Waals surface area contributed by atoms with E-state index in [-0.39, 0.29) is 6.61 Å². The van der Waals surface area contributed by atoms with Crippen molar-refractivity contribution in [3.63, 3.8) is 0 Å². The van der Waals surface area contributed by atoms with Gasteiger partial charge < -0.3 is 9.84 Å². The molecule has 0 spiro atoms. The highest BCUT2D eigenvalue weighted by atomic mass is 16.5. The number of aromatic nitrogens is 1. The summed E-state index contributed by atoms with van der Waals surface area (Å²) in [5.74, 6) is 0.742. The number of fused-ring (bicyclic) bond motifs is 1. The van der Waals surface area contributed by atoms with Gasteiger partial charge >= 0.3 is 0 Å². The highest BCUT2D eigenvalue weighted by Gasteiger charge is 2.08. The predicted octanol–water partition coefficient (Wildman–Crippen LogP) is 2.04. The smallest absolute Gasteiger partial charge is 0.145 e. The average molecular weight is 203 g/mol. The Labute approximate surface area is 88.3 Å². The number of hydrogen-bond donors (Lipinski definition) is 1. The molecule has 15 heavy (non-hydrogen) atoms. The van der Waals surface area contributed by atoms with E-state index in [1.807, 2.05) is 25.1 Å². The van der Waals surface area contributed by atoms with Crippen molar-refractivity contribution in [2.45, 2.75) is 13.5 Å². The molecule has 0 atom stereocenters. The highest BCUT2D eigenvalue weighted by molar-refractivity contribution is 5.90. The van der Waals surface area contributed by atoms with Crippen LogP contribution < -0.4 is 4.74 Å². The monoisotopic (exact) mass is 203 g/mol. The van der Waals surface area contributed by atoms with E-state index in [0.717, 1.165) is 27.8 Å². The number of methoxy groups -OCH3 is 1. The van der Waals surface area contributed by atoms with Crippen LogP contribution in [0, 0.1) is 6.92 Å². The van der Waals surface area contributed by atoms with Gasteiger partial charge in [0.05, 0.1) is 13.7 Å². The number of nitrogens with zero attached hydrogens (tertiary/aromatic N) is 1. The zero-order valence-electron chi connectivity index (χ0n) is 8.82. The number of rotatable bonds is 2. The van der Waals surface area contributed by atoms with Gasteiger partial charge in [-0.3, -0.25) is 4.98 Å². The Morgan fingerprint density at radius 1 is 1.33 bits per heavy atom. The third-order valence-electron chi connectivity index (χ3n) is 2.54. The van der Waals surface area contributed by atoms with Crippen molar-refractivity contribution < 1.29 is 9.84 Å². The third kappa shape index (κ3) is 1.55. The Kier molecular flexibility index (Phi) is 2.56. The molecular weight excluding hydrogens is 190 g/mol. The van der Waals surface area contributed by atoms with Gasteiger partial charge in [0.1, 0.15) is 11.3 Å². The van der Waals surface area contributed by atoms with Crippen LogP contribution in [0.15, 0.2) is 24.4 Å².